The van der Waals surface area contributed by atoms with Gasteiger partial charge in [0.05, 0.1) is 6.10 Å². The Labute approximate surface area is 97.2 Å². The van der Waals surface area contributed by atoms with Gasteiger partial charge in [-0.2, -0.15) is 11.8 Å². The topological polar surface area (TPSA) is 9.23 Å². The zero-order chi connectivity index (χ0) is 11.4. The van der Waals surface area contributed by atoms with Gasteiger partial charge >= 0.3 is 0 Å². The van der Waals surface area contributed by atoms with Crippen LogP contribution < -0.4 is 4.74 Å². The Hall–Kier alpha value is -0.630. The number of ether oxygens (including phenoxy) is 1. The van der Waals surface area contributed by atoms with Crippen molar-refractivity contribution in [3.8, 4) is 5.75 Å². The number of aryl methyl sites for hydroxylation is 1. The van der Waals surface area contributed by atoms with Crippen LogP contribution in [0, 0.1) is 6.92 Å². The molecule has 0 saturated carbocycles. The summed E-state index contributed by atoms with van der Waals surface area (Å²) in [5.74, 6) is 0.972. The average molecular weight is 224 g/mol. The maximum absolute atomic E-state index is 5.66. The minimum Gasteiger partial charge on any atom is -0.491 e. The Balaban J connectivity index is 2.88. The SMILES string of the molecule is CSC(C)c1ccc(OC(C)C)cc1C. The Morgan fingerprint density at radius 1 is 1.20 bits per heavy atom. The number of benzene rings is 1. The summed E-state index contributed by atoms with van der Waals surface area (Å²) in [6.45, 7) is 8.48. The summed E-state index contributed by atoms with van der Waals surface area (Å²) in [7, 11) is 0. The summed E-state index contributed by atoms with van der Waals surface area (Å²) < 4.78 is 5.66. The van der Waals surface area contributed by atoms with Crippen LogP contribution in [0.4, 0.5) is 0 Å². The first-order valence-electron chi connectivity index (χ1n) is 5.34. The molecular formula is C13H20OS. The van der Waals surface area contributed by atoms with E-state index < -0.39 is 0 Å². The molecule has 15 heavy (non-hydrogen) atoms. The number of hydrogen-bond donors (Lipinski definition) is 0. The van der Waals surface area contributed by atoms with Gasteiger partial charge in [-0.05, 0) is 57.2 Å². The average Bonchev–Trinajstić information content (AvgIpc) is 2.16. The molecule has 0 spiro atoms. The standard InChI is InChI=1S/C13H20OS/c1-9(2)14-12-6-7-13(10(3)8-12)11(4)15-5/h6-9,11H,1-5H3. The summed E-state index contributed by atoms with van der Waals surface area (Å²) in [4.78, 5) is 0. The Morgan fingerprint density at radius 2 is 1.87 bits per heavy atom. The molecule has 0 aliphatic rings. The van der Waals surface area contributed by atoms with Crippen molar-refractivity contribution in [1.82, 2.24) is 0 Å². The van der Waals surface area contributed by atoms with Crippen molar-refractivity contribution in [2.45, 2.75) is 39.0 Å². The van der Waals surface area contributed by atoms with Crippen molar-refractivity contribution in [2.75, 3.05) is 6.26 Å². The van der Waals surface area contributed by atoms with E-state index in [0.717, 1.165) is 5.75 Å². The van der Waals surface area contributed by atoms with E-state index in [2.05, 4.69) is 38.3 Å². The fourth-order valence-corrected chi connectivity index (χ4v) is 2.10. The molecule has 1 aromatic rings. The molecule has 0 aliphatic carbocycles. The van der Waals surface area contributed by atoms with Crippen LogP contribution in [0.15, 0.2) is 18.2 Å². The smallest absolute Gasteiger partial charge is 0.119 e. The van der Waals surface area contributed by atoms with Crippen LogP contribution in [0.3, 0.4) is 0 Å². The summed E-state index contributed by atoms with van der Waals surface area (Å²) in [6.07, 6.45) is 2.39. The lowest BCUT2D eigenvalue weighted by atomic mass is 10.1. The highest BCUT2D eigenvalue weighted by Gasteiger charge is 2.08. The van der Waals surface area contributed by atoms with E-state index in [4.69, 9.17) is 4.74 Å². The Morgan fingerprint density at radius 3 is 2.33 bits per heavy atom. The summed E-state index contributed by atoms with van der Waals surface area (Å²) in [6, 6.07) is 6.37. The molecule has 1 nitrogen and oxygen atoms in total. The Kier molecular flexibility index (Phi) is 4.52. The molecule has 1 unspecified atom stereocenters. The van der Waals surface area contributed by atoms with E-state index in [0.29, 0.717) is 5.25 Å². The van der Waals surface area contributed by atoms with Crippen LogP contribution >= 0.6 is 11.8 Å². The molecule has 0 fully saturated rings. The highest BCUT2D eigenvalue weighted by atomic mass is 32.2. The molecule has 0 N–H and O–H groups in total. The molecule has 0 radical (unpaired) electrons. The van der Waals surface area contributed by atoms with Crippen molar-refractivity contribution in [3.05, 3.63) is 29.3 Å². The summed E-state index contributed by atoms with van der Waals surface area (Å²) in [5, 5.41) is 0.554. The van der Waals surface area contributed by atoms with Gasteiger partial charge in [0.15, 0.2) is 0 Å². The van der Waals surface area contributed by atoms with E-state index in [1.165, 1.54) is 11.1 Å². The van der Waals surface area contributed by atoms with Crippen molar-refractivity contribution in [2.24, 2.45) is 0 Å². The maximum Gasteiger partial charge on any atom is 0.119 e. The molecule has 0 aliphatic heterocycles. The molecule has 0 bridgehead atoms. The lowest BCUT2D eigenvalue weighted by Crippen LogP contribution is -2.06. The Bertz CT molecular complexity index is 320. The molecular weight excluding hydrogens is 204 g/mol. The van der Waals surface area contributed by atoms with E-state index in [1.54, 1.807) is 0 Å². The predicted octanol–water partition coefficient (Wildman–Crippen LogP) is 4.21. The molecule has 0 amide bonds. The second kappa shape index (κ2) is 5.45. The number of hydrogen-bond acceptors (Lipinski definition) is 2. The van der Waals surface area contributed by atoms with Crippen molar-refractivity contribution in [1.29, 1.82) is 0 Å². The monoisotopic (exact) mass is 224 g/mol. The lowest BCUT2D eigenvalue weighted by molar-refractivity contribution is 0.242. The normalized spacial score (nSPS) is 12.9. The van der Waals surface area contributed by atoms with Crippen LogP contribution in [-0.2, 0) is 0 Å². The van der Waals surface area contributed by atoms with Gasteiger partial charge in [-0.1, -0.05) is 6.07 Å². The highest BCUT2D eigenvalue weighted by molar-refractivity contribution is 7.98. The zero-order valence-corrected chi connectivity index (χ0v) is 11.0. The molecule has 1 aromatic carbocycles. The van der Waals surface area contributed by atoms with Crippen LogP contribution in [0.1, 0.15) is 37.1 Å². The fourth-order valence-electron chi connectivity index (χ4n) is 1.58. The third-order valence-corrected chi connectivity index (χ3v) is 3.37. The minimum absolute atomic E-state index is 0.244. The second-order valence-electron chi connectivity index (χ2n) is 4.06. The molecule has 1 rings (SSSR count). The van der Waals surface area contributed by atoms with Gasteiger partial charge in [-0.25, -0.2) is 0 Å². The minimum atomic E-state index is 0.244. The molecule has 0 aromatic heterocycles. The first-order valence-corrected chi connectivity index (χ1v) is 6.63. The van der Waals surface area contributed by atoms with Crippen LogP contribution in [0.5, 0.6) is 5.75 Å². The van der Waals surface area contributed by atoms with Gasteiger partial charge in [0.1, 0.15) is 5.75 Å². The number of thioether (sulfide) groups is 1. The van der Waals surface area contributed by atoms with Gasteiger partial charge < -0.3 is 4.74 Å². The first-order chi connectivity index (χ1) is 7.04. The fraction of sp³-hybridized carbons (Fsp3) is 0.538. The zero-order valence-electron chi connectivity index (χ0n) is 10.2. The van der Waals surface area contributed by atoms with Crippen molar-refractivity contribution in [3.63, 3.8) is 0 Å². The number of rotatable bonds is 4. The van der Waals surface area contributed by atoms with E-state index in [-0.39, 0.29) is 6.10 Å². The molecule has 0 heterocycles. The molecule has 0 saturated heterocycles. The lowest BCUT2D eigenvalue weighted by Gasteiger charge is -2.15. The van der Waals surface area contributed by atoms with Crippen LogP contribution in [-0.4, -0.2) is 12.4 Å². The van der Waals surface area contributed by atoms with E-state index in [9.17, 15) is 0 Å². The quantitative estimate of drug-likeness (QED) is 0.758. The molecule has 1 atom stereocenters. The second-order valence-corrected chi connectivity index (χ2v) is 5.24. The van der Waals surface area contributed by atoms with E-state index >= 15 is 0 Å². The van der Waals surface area contributed by atoms with Gasteiger partial charge in [0.25, 0.3) is 0 Å². The van der Waals surface area contributed by atoms with Crippen LogP contribution in [0.25, 0.3) is 0 Å². The highest BCUT2D eigenvalue weighted by Crippen LogP contribution is 2.30. The predicted molar refractivity (Wildman–Crippen MR) is 68.9 cm³/mol. The molecule has 84 valence electrons. The largest absolute Gasteiger partial charge is 0.491 e. The summed E-state index contributed by atoms with van der Waals surface area (Å²) in [5.41, 5.74) is 2.72. The third-order valence-electron chi connectivity index (χ3n) is 2.40. The van der Waals surface area contributed by atoms with Gasteiger partial charge in [0.2, 0.25) is 0 Å². The van der Waals surface area contributed by atoms with Crippen molar-refractivity contribution < 1.29 is 4.74 Å². The summed E-state index contributed by atoms with van der Waals surface area (Å²) >= 11 is 1.87. The van der Waals surface area contributed by atoms with Crippen LogP contribution in [0.2, 0.25) is 0 Å². The third kappa shape index (κ3) is 3.45. The van der Waals surface area contributed by atoms with Gasteiger partial charge in [0, 0.05) is 5.25 Å². The molecule has 2 heteroatoms. The van der Waals surface area contributed by atoms with Gasteiger partial charge in [-0.15, -0.1) is 0 Å². The van der Waals surface area contributed by atoms with E-state index in [1.807, 2.05) is 25.6 Å². The first kappa shape index (κ1) is 12.4. The van der Waals surface area contributed by atoms with Crippen molar-refractivity contribution >= 4 is 11.8 Å². The van der Waals surface area contributed by atoms with Gasteiger partial charge in [-0.3, -0.25) is 0 Å². The maximum atomic E-state index is 5.66.